The van der Waals surface area contributed by atoms with Crippen LogP contribution in [0.25, 0.3) is 5.57 Å². The Hall–Kier alpha value is -1.29. The third-order valence-corrected chi connectivity index (χ3v) is 3.47. The van der Waals surface area contributed by atoms with Crippen molar-refractivity contribution in [3.63, 3.8) is 0 Å². The summed E-state index contributed by atoms with van der Waals surface area (Å²) >= 11 is 0. The first-order valence-electron chi connectivity index (χ1n) is 6.48. The largest absolute Gasteiger partial charge is 0.416 e. The van der Waals surface area contributed by atoms with Gasteiger partial charge in [0.05, 0.1) is 5.56 Å². The number of nitrogens with zero attached hydrogens (tertiary/aromatic N) is 1. The van der Waals surface area contributed by atoms with Gasteiger partial charge in [-0.2, -0.15) is 13.2 Å². The second kappa shape index (κ2) is 5.37. The van der Waals surface area contributed by atoms with Crippen molar-refractivity contribution in [1.29, 1.82) is 0 Å². The Morgan fingerprint density at radius 2 is 1.95 bits per heavy atom. The monoisotopic (exact) mass is 269 g/mol. The molecule has 0 saturated heterocycles. The maximum absolute atomic E-state index is 12.7. The molecule has 1 nitrogen and oxygen atoms in total. The molecule has 0 bridgehead atoms. The van der Waals surface area contributed by atoms with Crippen molar-refractivity contribution in [2.45, 2.75) is 32.5 Å². The zero-order chi connectivity index (χ0) is 14.0. The first-order valence-corrected chi connectivity index (χ1v) is 6.48. The van der Waals surface area contributed by atoms with E-state index in [1.807, 2.05) is 6.08 Å². The van der Waals surface area contributed by atoms with Gasteiger partial charge in [-0.3, -0.25) is 4.90 Å². The summed E-state index contributed by atoms with van der Waals surface area (Å²) in [6.45, 7) is 5.91. The van der Waals surface area contributed by atoms with E-state index in [1.54, 1.807) is 6.07 Å². The summed E-state index contributed by atoms with van der Waals surface area (Å²) in [5, 5.41) is 0. The van der Waals surface area contributed by atoms with Crippen LogP contribution in [-0.4, -0.2) is 24.0 Å². The Balaban J connectivity index is 2.25. The molecule has 0 atom stereocenters. The first kappa shape index (κ1) is 14.1. The van der Waals surface area contributed by atoms with Crippen LogP contribution in [0.5, 0.6) is 0 Å². The highest BCUT2D eigenvalue weighted by molar-refractivity contribution is 5.68. The normalized spacial score (nSPS) is 17.7. The first-order chi connectivity index (χ1) is 8.88. The number of hydrogen-bond acceptors (Lipinski definition) is 1. The van der Waals surface area contributed by atoms with Crippen LogP contribution in [0, 0.1) is 0 Å². The predicted octanol–water partition coefficient (Wildman–Crippen LogP) is 4.20. The number of benzene rings is 1. The van der Waals surface area contributed by atoms with Crippen molar-refractivity contribution in [3.05, 3.63) is 41.5 Å². The fourth-order valence-electron chi connectivity index (χ4n) is 2.31. The van der Waals surface area contributed by atoms with E-state index in [0.717, 1.165) is 31.1 Å². The molecule has 0 spiro atoms. The van der Waals surface area contributed by atoms with E-state index >= 15 is 0 Å². The fraction of sp³-hybridized carbons (Fsp3) is 0.467. The molecule has 0 radical (unpaired) electrons. The number of rotatable bonds is 2. The number of halogens is 3. The van der Waals surface area contributed by atoms with Crippen molar-refractivity contribution in [2.75, 3.05) is 13.1 Å². The van der Waals surface area contributed by atoms with Crippen LogP contribution >= 0.6 is 0 Å². The smallest absolute Gasteiger partial charge is 0.296 e. The molecule has 0 aromatic heterocycles. The summed E-state index contributed by atoms with van der Waals surface area (Å²) < 4.78 is 38.1. The molecule has 1 aliphatic heterocycles. The Bertz CT molecular complexity index is 475. The summed E-state index contributed by atoms with van der Waals surface area (Å²) in [4.78, 5) is 2.27. The maximum atomic E-state index is 12.7. The highest BCUT2D eigenvalue weighted by atomic mass is 19.4. The zero-order valence-corrected chi connectivity index (χ0v) is 11.2. The molecule has 0 N–H and O–H groups in total. The van der Waals surface area contributed by atoms with Crippen LogP contribution in [0.15, 0.2) is 30.3 Å². The quantitative estimate of drug-likeness (QED) is 0.777. The van der Waals surface area contributed by atoms with Gasteiger partial charge in [-0.25, -0.2) is 0 Å². The Labute approximate surface area is 111 Å². The van der Waals surface area contributed by atoms with E-state index in [-0.39, 0.29) is 0 Å². The molecule has 0 amide bonds. The van der Waals surface area contributed by atoms with E-state index in [4.69, 9.17) is 0 Å². The van der Waals surface area contributed by atoms with Gasteiger partial charge in [0.1, 0.15) is 0 Å². The van der Waals surface area contributed by atoms with E-state index < -0.39 is 11.7 Å². The summed E-state index contributed by atoms with van der Waals surface area (Å²) in [7, 11) is 0. The molecule has 2 rings (SSSR count). The van der Waals surface area contributed by atoms with Gasteiger partial charge in [-0.05, 0) is 43.5 Å². The topological polar surface area (TPSA) is 3.24 Å². The molecule has 0 fully saturated rings. The minimum Gasteiger partial charge on any atom is -0.296 e. The zero-order valence-electron chi connectivity index (χ0n) is 11.2. The van der Waals surface area contributed by atoms with E-state index in [1.165, 1.54) is 12.1 Å². The third kappa shape index (κ3) is 3.38. The van der Waals surface area contributed by atoms with Crippen molar-refractivity contribution < 1.29 is 13.2 Å². The van der Waals surface area contributed by atoms with Gasteiger partial charge in [0.15, 0.2) is 0 Å². The minimum absolute atomic E-state index is 0.412. The number of alkyl halides is 3. The molecule has 1 aromatic carbocycles. The third-order valence-electron chi connectivity index (χ3n) is 3.47. The van der Waals surface area contributed by atoms with E-state index in [0.29, 0.717) is 11.6 Å². The van der Waals surface area contributed by atoms with Crippen LogP contribution in [0.2, 0.25) is 0 Å². The lowest BCUT2D eigenvalue weighted by Crippen LogP contribution is -2.35. The van der Waals surface area contributed by atoms with E-state index in [9.17, 15) is 13.2 Å². The standard InChI is InChI=1S/C15H18F3N/c1-11(2)19-8-4-6-13(10-19)12-5-3-7-14(9-12)15(16,17)18/h3,5-7,9,11H,4,8,10H2,1-2H3. The lowest BCUT2D eigenvalue weighted by Gasteiger charge is -2.31. The van der Waals surface area contributed by atoms with Crippen molar-refractivity contribution in [3.8, 4) is 0 Å². The average molecular weight is 269 g/mol. The molecule has 1 aromatic rings. The molecule has 1 aliphatic rings. The van der Waals surface area contributed by atoms with Gasteiger partial charge < -0.3 is 0 Å². The summed E-state index contributed by atoms with van der Waals surface area (Å²) in [6, 6.07) is 6.01. The predicted molar refractivity (Wildman–Crippen MR) is 70.7 cm³/mol. The Morgan fingerprint density at radius 1 is 1.21 bits per heavy atom. The molecule has 19 heavy (non-hydrogen) atoms. The van der Waals surface area contributed by atoms with Gasteiger partial charge in [-0.1, -0.05) is 18.2 Å². The molecular weight excluding hydrogens is 251 g/mol. The summed E-state index contributed by atoms with van der Waals surface area (Å²) in [5.41, 5.74) is 1.10. The maximum Gasteiger partial charge on any atom is 0.416 e. The fourth-order valence-corrected chi connectivity index (χ4v) is 2.31. The van der Waals surface area contributed by atoms with Crippen LogP contribution in [0.4, 0.5) is 13.2 Å². The molecular formula is C15H18F3N. The molecule has 0 aliphatic carbocycles. The molecule has 4 heteroatoms. The van der Waals surface area contributed by atoms with E-state index in [2.05, 4.69) is 18.7 Å². The number of hydrogen-bond donors (Lipinski definition) is 0. The van der Waals surface area contributed by atoms with Crippen LogP contribution in [0.3, 0.4) is 0 Å². The lowest BCUT2D eigenvalue weighted by atomic mass is 9.98. The van der Waals surface area contributed by atoms with Gasteiger partial charge in [0.2, 0.25) is 0 Å². The Kier molecular flexibility index (Phi) is 3.99. The highest BCUT2D eigenvalue weighted by Crippen LogP contribution is 2.31. The highest BCUT2D eigenvalue weighted by Gasteiger charge is 2.30. The molecule has 104 valence electrons. The second-order valence-electron chi connectivity index (χ2n) is 5.16. The molecule has 1 heterocycles. The van der Waals surface area contributed by atoms with Crippen LogP contribution < -0.4 is 0 Å². The van der Waals surface area contributed by atoms with Gasteiger partial charge in [0, 0.05) is 19.1 Å². The van der Waals surface area contributed by atoms with Gasteiger partial charge in [-0.15, -0.1) is 0 Å². The molecule has 0 unspecified atom stereocenters. The van der Waals surface area contributed by atoms with Crippen molar-refractivity contribution in [2.24, 2.45) is 0 Å². The summed E-state index contributed by atoms with van der Waals surface area (Å²) in [6.07, 6.45) is -1.33. The SMILES string of the molecule is CC(C)N1CCC=C(c2cccc(C(F)(F)F)c2)C1. The minimum atomic E-state index is -4.27. The van der Waals surface area contributed by atoms with Crippen LogP contribution in [-0.2, 0) is 6.18 Å². The van der Waals surface area contributed by atoms with Crippen LogP contribution in [0.1, 0.15) is 31.4 Å². The second-order valence-corrected chi connectivity index (χ2v) is 5.16. The van der Waals surface area contributed by atoms with Crippen molar-refractivity contribution >= 4 is 5.57 Å². The molecule has 0 saturated carbocycles. The Morgan fingerprint density at radius 3 is 2.58 bits per heavy atom. The van der Waals surface area contributed by atoms with Crippen molar-refractivity contribution in [1.82, 2.24) is 4.90 Å². The average Bonchev–Trinajstić information content (AvgIpc) is 2.38. The van der Waals surface area contributed by atoms with Gasteiger partial charge in [0.25, 0.3) is 0 Å². The lowest BCUT2D eigenvalue weighted by molar-refractivity contribution is -0.137. The summed E-state index contributed by atoms with van der Waals surface area (Å²) in [5.74, 6) is 0. The van der Waals surface area contributed by atoms with Gasteiger partial charge >= 0.3 is 6.18 Å².